The molecular formula is C28H34N4O3. The van der Waals surface area contributed by atoms with E-state index in [1.54, 1.807) is 39.4 Å². The van der Waals surface area contributed by atoms with E-state index in [1.807, 2.05) is 17.0 Å². The van der Waals surface area contributed by atoms with Gasteiger partial charge in [-0.15, -0.1) is 0 Å². The Balaban J connectivity index is 1.37. The molecule has 4 rings (SSSR count). The lowest BCUT2D eigenvalue weighted by molar-refractivity contribution is -0.112. The minimum Gasteiger partial charge on any atom is -0.378 e. The van der Waals surface area contributed by atoms with Crippen molar-refractivity contribution in [2.75, 3.05) is 45.7 Å². The van der Waals surface area contributed by atoms with Crippen LogP contribution in [0, 0.1) is 0 Å². The second-order valence-electron chi connectivity index (χ2n) is 9.20. The highest BCUT2D eigenvalue weighted by molar-refractivity contribution is 6.06. The summed E-state index contributed by atoms with van der Waals surface area (Å²) in [5, 5.41) is 2.90. The topological polar surface area (TPSA) is 74.2 Å². The van der Waals surface area contributed by atoms with E-state index in [2.05, 4.69) is 39.5 Å². The maximum atomic E-state index is 13.2. The predicted molar refractivity (Wildman–Crippen MR) is 139 cm³/mol. The molecule has 0 saturated heterocycles. The molecule has 0 aromatic heterocycles. The molecule has 2 aromatic carbocycles. The van der Waals surface area contributed by atoms with Gasteiger partial charge in [-0.25, -0.2) is 0 Å². The lowest BCUT2D eigenvalue weighted by Crippen LogP contribution is -2.47. The molecule has 0 bridgehead atoms. The van der Waals surface area contributed by atoms with Crippen molar-refractivity contribution in [1.82, 2.24) is 9.80 Å². The number of allylic oxidation sites excluding steroid dienone is 1. The maximum Gasteiger partial charge on any atom is 0.254 e. The van der Waals surface area contributed by atoms with E-state index in [9.17, 15) is 9.59 Å². The minimum absolute atomic E-state index is 0.0189. The van der Waals surface area contributed by atoms with Crippen LogP contribution in [0.1, 0.15) is 34.0 Å². The molecule has 7 heteroatoms. The van der Waals surface area contributed by atoms with Crippen LogP contribution in [0.5, 0.6) is 0 Å². The summed E-state index contributed by atoms with van der Waals surface area (Å²) < 4.78 is 5.80. The number of nitrogens with zero attached hydrogens (tertiary/aromatic N) is 3. The zero-order chi connectivity index (χ0) is 24.8. The number of carbonyl (C=O) groups excluding carboxylic acids is 2. The summed E-state index contributed by atoms with van der Waals surface area (Å²) in [7, 11) is 3.38. The van der Waals surface area contributed by atoms with Gasteiger partial charge >= 0.3 is 0 Å². The normalized spacial score (nSPS) is 17.3. The van der Waals surface area contributed by atoms with Crippen LogP contribution >= 0.6 is 0 Å². The summed E-state index contributed by atoms with van der Waals surface area (Å²) in [5.41, 5.74) is 5.72. The number of rotatable bonds is 8. The van der Waals surface area contributed by atoms with E-state index in [4.69, 9.17) is 4.74 Å². The van der Waals surface area contributed by atoms with Crippen LogP contribution < -0.4 is 5.32 Å². The summed E-state index contributed by atoms with van der Waals surface area (Å²) >= 11 is 0. The van der Waals surface area contributed by atoms with Gasteiger partial charge in [-0.3, -0.25) is 19.5 Å². The molecule has 0 fully saturated rings. The van der Waals surface area contributed by atoms with Crippen molar-refractivity contribution in [3.63, 3.8) is 0 Å². The van der Waals surface area contributed by atoms with Crippen molar-refractivity contribution >= 4 is 23.7 Å². The molecule has 0 spiro atoms. The SMILES string of the molecule is CN=C/C=C(\C)C(=O)Nc1ccc2c(c1)CCN(CC(CN1CCc3ccccc3C1)OC)C2=O. The summed E-state index contributed by atoms with van der Waals surface area (Å²) in [6.45, 7) is 5.66. The lowest BCUT2D eigenvalue weighted by Gasteiger charge is -2.35. The zero-order valence-electron chi connectivity index (χ0n) is 20.8. The Bertz CT molecular complexity index is 1140. The van der Waals surface area contributed by atoms with Gasteiger partial charge in [0.05, 0.1) is 6.10 Å². The van der Waals surface area contributed by atoms with Crippen molar-refractivity contribution in [2.24, 2.45) is 4.99 Å². The third-order valence-corrected chi connectivity index (χ3v) is 6.79. The van der Waals surface area contributed by atoms with Crippen LogP contribution in [0.15, 0.2) is 59.1 Å². The largest absolute Gasteiger partial charge is 0.378 e. The molecule has 0 aliphatic carbocycles. The number of aliphatic imine (C=N–C) groups is 1. The van der Waals surface area contributed by atoms with Gasteiger partial charge in [0.2, 0.25) is 0 Å². The van der Waals surface area contributed by atoms with Gasteiger partial charge in [0.25, 0.3) is 11.8 Å². The molecule has 2 amide bonds. The molecule has 1 N–H and O–H groups in total. The molecule has 0 radical (unpaired) electrons. The standard InChI is InChI=1S/C28H34N4O3/c1-20(10-13-29-2)27(33)30-24-8-9-26-22(16-24)12-15-32(28(26)34)19-25(35-3)18-31-14-11-21-6-4-5-7-23(21)17-31/h4-10,13,16,25H,11-12,14-15,17-19H2,1-3H3,(H,30,33)/b20-10+,29-13?. The summed E-state index contributed by atoms with van der Waals surface area (Å²) in [4.78, 5) is 33.8. The molecule has 1 atom stereocenters. The Kier molecular flexibility index (Phi) is 8.10. The van der Waals surface area contributed by atoms with Gasteiger partial charge in [0.1, 0.15) is 0 Å². The van der Waals surface area contributed by atoms with Gasteiger partial charge in [-0.05, 0) is 60.7 Å². The molecule has 2 aromatic rings. The first kappa shape index (κ1) is 24.8. The van der Waals surface area contributed by atoms with Gasteiger partial charge < -0.3 is 15.0 Å². The molecule has 2 aliphatic heterocycles. The average Bonchev–Trinajstić information content (AvgIpc) is 2.88. The van der Waals surface area contributed by atoms with Crippen molar-refractivity contribution < 1.29 is 14.3 Å². The molecule has 184 valence electrons. The number of hydrogen-bond donors (Lipinski definition) is 1. The van der Waals surface area contributed by atoms with Crippen LogP contribution in [0.3, 0.4) is 0 Å². The number of methoxy groups -OCH3 is 1. The average molecular weight is 475 g/mol. The molecule has 1 unspecified atom stereocenters. The number of hydrogen-bond acceptors (Lipinski definition) is 5. The Hall–Kier alpha value is -3.29. The van der Waals surface area contributed by atoms with Gasteiger partial charge in [0.15, 0.2) is 0 Å². The van der Waals surface area contributed by atoms with E-state index in [-0.39, 0.29) is 17.9 Å². The Morgan fingerprint density at radius 1 is 1.11 bits per heavy atom. The van der Waals surface area contributed by atoms with Crippen LogP contribution in [0.25, 0.3) is 0 Å². The number of ether oxygens (including phenoxy) is 1. The number of fused-ring (bicyclic) bond motifs is 2. The van der Waals surface area contributed by atoms with Crippen LogP contribution in [-0.2, 0) is 28.9 Å². The van der Waals surface area contributed by atoms with Gasteiger partial charge in [0, 0.05) is 69.9 Å². The fourth-order valence-corrected chi connectivity index (χ4v) is 4.73. The number of carbonyl (C=O) groups is 2. The molecule has 35 heavy (non-hydrogen) atoms. The van der Waals surface area contributed by atoms with Crippen LogP contribution in [-0.4, -0.2) is 74.3 Å². The Morgan fingerprint density at radius 3 is 2.66 bits per heavy atom. The highest BCUT2D eigenvalue weighted by Crippen LogP contribution is 2.24. The van der Waals surface area contributed by atoms with Gasteiger partial charge in [-0.2, -0.15) is 0 Å². The van der Waals surface area contributed by atoms with Crippen molar-refractivity contribution in [1.29, 1.82) is 0 Å². The third-order valence-electron chi connectivity index (χ3n) is 6.79. The number of nitrogens with one attached hydrogen (secondary N) is 1. The van der Waals surface area contributed by atoms with Crippen molar-refractivity contribution in [3.8, 4) is 0 Å². The maximum absolute atomic E-state index is 13.2. The van der Waals surface area contributed by atoms with Crippen LogP contribution in [0.4, 0.5) is 5.69 Å². The summed E-state index contributed by atoms with van der Waals surface area (Å²) in [6.07, 6.45) is 5.00. The van der Waals surface area contributed by atoms with E-state index in [1.165, 1.54) is 11.1 Å². The first-order valence-electron chi connectivity index (χ1n) is 12.1. The molecule has 2 heterocycles. The zero-order valence-corrected chi connectivity index (χ0v) is 20.8. The summed E-state index contributed by atoms with van der Waals surface area (Å²) in [5.74, 6) is -0.165. The molecule has 0 saturated carbocycles. The fraction of sp³-hybridized carbons (Fsp3) is 0.393. The van der Waals surface area contributed by atoms with E-state index in [0.29, 0.717) is 29.9 Å². The number of anilines is 1. The smallest absolute Gasteiger partial charge is 0.254 e. The minimum atomic E-state index is -0.183. The number of amides is 2. The quantitative estimate of drug-likeness (QED) is 0.470. The highest BCUT2D eigenvalue weighted by atomic mass is 16.5. The third kappa shape index (κ3) is 6.05. The second kappa shape index (κ2) is 11.4. The predicted octanol–water partition coefficient (Wildman–Crippen LogP) is 3.34. The molecule has 7 nitrogen and oxygen atoms in total. The van der Waals surface area contributed by atoms with Crippen molar-refractivity contribution in [2.45, 2.75) is 32.4 Å². The summed E-state index contributed by atoms with van der Waals surface area (Å²) in [6, 6.07) is 14.1. The first-order chi connectivity index (χ1) is 17.0. The van der Waals surface area contributed by atoms with Gasteiger partial charge in [-0.1, -0.05) is 24.3 Å². The Labute approximate surface area is 207 Å². The van der Waals surface area contributed by atoms with E-state index in [0.717, 1.165) is 38.0 Å². The number of benzene rings is 2. The van der Waals surface area contributed by atoms with Crippen molar-refractivity contribution in [3.05, 3.63) is 76.4 Å². The lowest BCUT2D eigenvalue weighted by atomic mass is 9.97. The van der Waals surface area contributed by atoms with E-state index >= 15 is 0 Å². The molecule has 2 aliphatic rings. The highest BCUT2D eigenvalue weighted by Gasteiger charge is 2.28. The first-order valence-corrected chi connectivity index (χ1v) is 12.1. The van der Waals surface area contributed by atoms with E-state index < -0.39 is 0 Å². The van der Waals surface area contributed by atoms with Crippen LogP contribution in [0.2, 0.25) is 0 Å². The Morgan fingerprint density at radius 2 is 1.89 bits per heavy atom. The monoisotopic (exact) mass is 474 g/mol. The fourth-order valence-electron chi connectivity index (χ4n) is 4.73. The molecular weight excluding hydrogens is 440 g/mol. The second-order valence-corrected chi connectivity index (χ2v) is 9.20.